The number of hydrogen-bond acceptors (Lipinski definition) is 2. The average molecular weight is 373 g/mol. The van der Waals surface area contributed by atoms with Crippen LogP contribution in [0.2, 0.25) is 0 Å². The van der Waals surface area contributed by atoms with Gasteiger partial charge in [-0.3, -0.25) is 0 Å². The molecule has 0 saturated carbocycles. The first kappa shape index (κ1) is 10.3. The van der Waals surface area contributed by atoms with Crippen LogP contribution < -0.4 is 0 Å². The zero-order chi connectivity index (χ0) is 4.71. The van der Waals surface area contributed by atoms with Crippen LogP contribution in [0.15, 0.2) is 0 Å². The molecule has 0 nitrogen and oxygen atoms in total. The van der Waals surface area contributed by atoms with E-state index in [1.165, 1.54) is 0 Å². The van der Waals surface area contributed by atoms with E-state index < -0.39 is 14.2 Å². The van der Waals surface area contributed by atoms with Crippen LogP contribution >= 0.6 is 29.6 Å². The summed E-state index contributed by atoms with van der Waals surface area (Å²) in [6.07, 6.45) is 0. The SMILES string of the molecule is [S]=[BiH].[S]=[Zn][SH]. The summed E-state index contributed by atoms with van der Waals surface area (Å²) in [5.74, 6) is 0. The molecule has 5 heteroatoms. The van der Waals surface area contributed by atoms with E-state index >= 15 is 0 Å². The van der Waals surface area contributed by atoms with Gasteiger partial charge in [0.25, 0.3) is 0 Å². The predicted octanol–water partition coefficient (Wildman–Crippen LogP) is 1.03. The van der Waals surface area contributed by atoms with Gasteiger partial charge in [0, 0.05) is 0 Å². The summed E-state index contributed by atoms with van der Waals surface area (Å²) in [7, 11) is 12.5. The van der Waals surface area contributed by atoms with Crippen molar-refractivity contribution in [2.24, 2.45) is 0 Å². The van der Waals surface area contributed by atoms with Crippen molar-refractivity contribution in [3.8, 4) is 0 Å². The summed E-state index contributed by atoms with van der Waals surface area (Å²) in [5, 5.41) is 0. The van der Waals surface area contributed by atoms with E-state index in [9.17, 15) is 0 Å². The fraction of sp³-hybridized carbons (Fsp3) is 0. The van der Waals surface area contributed by atoms with Crippen molar-refractivity contribution in [2.75, 3.05) is 0 Å². The first-order chi connectivity index (χ1) is 2.41. The van der Waals surface area contributed by atoms with Gasteiger partial charge in [0.1, 0.15) is 0 Å². The van der Waals surface area contributed by atoms with Crippen molar-refractivity contribution in [3.63, 3.8) is 0 Å². The van der Waals surface area contributed by atoms with E-state index in [2.05, 4.69) is 29.6 Å². The van der Waals surface area contributed by atoms with Gasteiger partial charge in [-0.05, 0) is 0 Å². The molecular formula is H2BiS3Zn. The number of rotatable bonds is 0. The maximum absolute atomic E-state index is 4.45. The molecule has 0 unspecified atom stereocenters. The minimum absolute atomic E-state index is 0.597. The Morgan fingerprint density at radius 3 is 1.60 bits per heavy atom. The fourth-order valence-electron chi connectivity index (χ4n) is 0. The molecule has 0 saturated heterocycles. The number of thiol groups is 1. The molecule has 0 amide bonds. The van der Waals surface area contributed by atoms with Gasteiger partial charge in [-0.2, -0.15) is 0 Å². The van der Waals surface area contributed by atoms with Crippen LogP contribution in [0.5, 0.6) is 0 Å². The molecule has 0 aliphatic heterocycles. The van der Waals surface area contributed by atoms with E-state index in [1.807, 2.05) is 0 Å². The third-order valence-electron chi connectivity index (χ3n) is 0. The minimum atomic E-state index is -0.597. The van der Waals surface area contributed by atoms with Crippen molar-refractivity contribution in [1.29, 1.82) is 0 Å². The zero-order valence-corrected chi connectivity index (χ0v) is 11.9. The monoisotopic (exact) mass is 371 g/mol. The van der Waals surface area contributed by atoms with Crippen LogP contribution in [0, 0.1) is 0 Å². The second-order valence-electron chi connectivity index (χ2n) is 0.129. The summed E-state index contributed by atoms with van der Waals surface area (Å²) in [4.78, 5) is 0. The predicted molar refractivity (Wildman–Crippen MR) is 31.3 cm³/mol. The normalized spacial score (nSPS) is 2.60. The molecule has 0 atom stereocenters. The van der Waals surface area contributed by atoms with Crippen LogP contribution in [-0.2, 0) is 14.2 Å². The molecule has 0 spiro atoms. The molecule has 0 aromatic heterocycles. The Morgan fingerprint density at radius 2 is 1.60 bits per heavy atom. The van der Waals surface area contributed by atoms with E-state index in [-0.39, 0.29) is 0 Å². The van der Waals surface area contributed by atoms with E-state index in [1.54, 1.807) is 0 Å². The van der Waals surface area contributed by atoms with E-state index in [0.717, 1.165) is 22.7 Å². The van der Waals surface area contributed by atoms with E-state index in [4.69, 9.17) is 0 Å². The topological polar surface area (TPSA) is 0 Å². The van der Waals surface area contributed by atoms with Crippen molar-refractivity contribution in [3.05, 3.63) is 0 Å². The van der Waals surface area contributed by atoms with Crippen LogP contribution in [0.1, 0.15) is 0 Å². The second kappa shape index (κ2) is 16.3. The van der Waals surface area contributed by atoms with Gasteiger partial charge in [0.05, 0.1) is 0 Å². The van der Waals surface area contributed by atoms with Crippen LogP contribution in [0.4, 0.5) is 0 Å². The average Bonchev–Trinajstić information content (AvgIpc) is 1.46. The van der Waals surface area contributed by atoms with Crippen LogP contribution in [0.3, 0.4) is 0 Å². The molecule has 27 valence electrons. The summed E-state index contributed by atoms with van der Waals surface area (Å²) in [6.45, 7) is 0. The Bertz CT molecular complexity index is 20.9. The van der Waals surface area contributed by atoms with Gasteiger partial charge in [0.15, 0.2) is 0 Å². The van der Waals surface area contributed by atoms with Crippen LogP contribution in [0.25, 0.3) is 0 Å². The van der Waals surface area contributed by atoms with Crippen molar-refractivity contribution >= 4 is 52.3 Å². The summed E-state index contributed by atoms with van der Waals surface area (Å²) in [6, 6.07) is 0. The molecule has 0 aromatic rings. The molecule has 0 aromatic carbocycles. The molecule has 0 heterocycles. The molecular weight excluding hydrogens is 371 g/mol. The molecule has 0 N–H and O–H groups in total. The molecule has 0 aliphatic rings. The molecule has 0 radical (unpaired) electrons. The van der Waals surface area contributed by atoms with Gasteiger partial charge in [0.2, 0.25) is 0 Å². The maximum atomic E-state index is 4.45. The summed E-state index contributed by atoms with van der Waals surface area (Å²) in [5.41, 5.74) is 0. The Morgan fingerprint density at radius 1 is 1.60 bits per heavy atom. The molecule has 0 rings (SSSR count). The number of hydrogen-bond donors (Lipinski definition) is 1. The third-order valence-corrected chi connectivity index (χ3v) is 0. The molecule has 5 heavy (non-hydrogen) atoms. The zero-order valence-electron chi connectivity index (χ0n) is 2.47. The van der Waals surface area contributed by atoms with Gasteiger partial charge in [-0.25, -0.2) is 0 Å². The fourth-order valence-corrected chi connectivity index (χ4v) is 0. The summed E-state index contributed by atoms with van der Waals surface area (Å²) >= 11 is 0.292. The van der Waals surface area contributed by atoms with Crippen LogP contribution in [-0.4, -0.2) is 22.7 Å². The van der Waals surface area contributed by atoms with Crippen molar-refractivity contribution in [2.45, 2.75) is 0 Å². The Labute approximate surface area is 65.3 Å². The summed E-state index contributed by atoms with van der Waals surface area (Å²) < 4.78 is 0. The van der Waals surface area contributed by atoms with Crippen molar-refractivity contribution in [1.82, 2.24) is 0 Å². The van der Waals surface area contributed by atoms with Crippen molar-refractivity contribution < 1.29 is 14.2 Å². The van der Waals surface area contributed by atoms with Gasteiger partial charge >= 0.3 is 66.4 Å². The second-order valence-corrected chi connectivity index (χ2v) is 6.04. The quantitative estimate of drug-likeness (QED) is 0.498. The van der Waals surface area contributed by atoms with Gasteiger partial charge in [-0.1, -0.05) is 0 Å². The Hall–Kier alpha value is 2.30. The standard InChI is InChI=1S/Bi.H2S.2S.Zn.H/h;1H2;;;;/q;;;;+1;/p-1. The van der Waals surface area contributed by atoms with E-state index in [0.29, 0.717) is 0 Å². The Kier molecular flexibility index (Phi) is 33.5. The molecule has 0 aliphatic carbocycles. The third kappa shape index (κ3) is 22.0. The molecule has 0 fully saturated rings. The Balaban J connectivity index is 0. The first-order valence-electron chi connectivity index (χ1n) is 0.809. The van der Waals surface area contributed by atoms with Gasteiger partial charge < -0.3 is 0 Å². The first-order valence-corrected chi connectivity index (χ1v) is 14.8. The van der Waals surface area contributed by atoms with Gasteiger partial charge in [-0.15, -0.1) is 0 Å². The molecule has 0 bridgehead atoms.